The first-order valence-electron chi connectivity index (χ1n) is 11.0. The van der Waals surface area contributed by atoms with Crippen LogP contribution < -0.4 is 10.6 Å². The molecule has 3 aromatic rings. The molecule has 0 saturated heterocycles. The van der Waals surface area contributed by atoms with E-state index in [1.165, 1.54) is 32.1 Å². The van der Waals surface area contributed by atoms with Crippen molar-refractivity contribution in [1.29, 1.82) is 0 Å². The zero-order valence-electron chi connectivity index (χ0n) is 17.8. The number of aryl methyl sites for hydroxylation is 1. The van der Waals surface area contributed by atoms with Gasteiger partial charge in [-0.1, -0.05) is 19.3 Å². The topological polar surface area (TPSA) is 84.7 Å². The summed E-state index contributed by atoms with van der Waals surface area (Å²) in [6, 6.07) is 4.09. The predicted molar refractivity (Wildman–Crippen MR) is 118 cm³/mol. The highest BCUT2D eigenvalue weighted by molar-refractivity contribution is 6.06. The Hall–Kier alpha value is -2.96. The molecule has 0 bridgehead atoms. The summed E-state index contributed by atoms with van der Waals surface area (Å²) < 4.78 is 1.87. The van der Waals surface area contributed by atoms with Crippen LogP contribution in [0.4, 0.5) is 5.69 Å². The van der Waals surface area contributed by atoms with Crippen LogP contribution in [0, 0.1) is 5.92 Å². The van der Waals surface area contributed by atoms with Crippen molar-refractivity contribution < 1.29 is 4.79 Å². The molecule has 4 rings (SSSR count). The first kappa shape index (κ1) is 20.3. The summed E-state index contributed by atoms with van der Waals surface area (Å²) in [5.74, 6) is 0.486. The standard InChI is InChI=1S/C23H30N6O/c1-3-29-22-19(15-27-29)21(28-16(2)18-7-5-4-6-8-18)20(14-25-22)23(30)26-13-17-9-11-24-12-10-17/h9-12,14-16,18H,3-8,13H2,1-2H3,(H,25,28)(H,26,30)/t16-/m0/s1. The van der Waals surface area contributed by atoms with Crippen molar-refractivity contribution >= 4 is 22.6 Å². The first-order chi connectivity index (χ1) is 14.7. The van der Waals surface area contributed by atoms with Gasteiger partial charge >= 0.3 is 0 Å². The number of carbonyl (C=O) groups excluding carboxylic acids is 1. The molecule has 0 unspecified atom stereocenters. The van der Waals surface area contributed by atoms with Crippen LogP contribution in [0.25, 0.3) is 11.0 Å². The fourth-order valence-electron chi connectivity index (χ4n) is 4.34. The molecular formula is C23H30N6O. The van der Waals surface area contributed by atoms with E-state index in [0.29, 0.717) is 18.0 Å². The molecule has 2 N–H and O–H groups in total. The van der Waals surface area contributed by atoms with E-state index in [-0.39, 0.29) is 11.9 Å². The van der Waals surface area contributed by atoms with Crippen LogP contribution in [0.3, 0.4) is 0 Å². The maximum Gasteiger partial charge on any atom is 0.255 e. The number of pyridine rings is 2. The number of anilines is 1. The zero-order valence-corrected chi connectivity index (χ0v) is 17.8. The van der Waals surface area contributed by atoms with Crippen molar-refractivity contribution in [3.63, 3.8) is 0 Å². The lowest BCUT2D eigenvalue weighted by Crippen LogP contribution is -2.30. The molecule has 0 aromatic carbocycles. The summed E-state index contributed by atoms with van der Waals surface area (Å²) in [6.45, 7) is 5.46. The van der Waals surface area contributed by atoms with Crippen molar-refractivity contribution in [3.05, 3.63) is 48.0 Å². The average molecular weight is 407 g/mol. The normalized spacial score (nSPS) is 15.8. The second kappa shape index (κ2) is 9.24. The molecule has 0 aliphatic heterocycles. The van der Waals surface area contributed by atoms with Crippen LogP contribution in [-0.4, -0.2) is 31.7 Å². The summed E-state index contributed by atoms with van der Waals surface area (Å²) in [4.78, 5) is 21.7. The SMILES string of the molecule is CCn1ncc2c(N[C@@H](C)C3CCCCC3)c(C(=O)NCc3ccncc3)cnc21. The van der Waals surface area contributed by atoms with Gasteiger partial charge in [0, 0.05) is 37.7 Å². The fraction of sp³-hybridized carbons (Fsp3) is 0.478. The molecule has 3 aromatic heterocycles. The van der Waals surface area contributed by atoms with Gasteiger partial charge in [0.15, 0.2) is 5.65 Å². The summed E-state index contributed by atoms with van der Waals surface area (Å²) in [6.07, 6.45) is 13.3. The van der Waals surface area contributed by atoms with Crippen LogP contribution in [0.15, 0.2) is 36.9 Å². The van der Waals surface area contributed by atoms with Crippen LogP contribution >= 0.6 is 0 Å². The molecule has 7 heteroatoms. The van der Waals surface area contributed by atoms with Gasteiger partial charge in [0.25, 0.3) is 5.91 Å². The van der Waals surface area contributed by atoms with Gasteiger partial charge in [0.05, 0.1) is 22.8 Å². The van der Waals surface area contributed by atoms with Gasteiger partial charge < -0.3 is 10.6 Å². The van der Waals surface area contributed by atoms with Crippen molar-refractivity contribution in [2.45, 2.75) is 65.1 Å². The molecule has 3 heterocycles. The Labute approximate surface area is 177 Å². The summed E-state index contributed by atoms with van der Waals surface area (Å²) >= 11 is 0. The van der Waals surface area contributed by atoms with Crippen LogP contribution in [0.5, 0.6) is 0 Å². The minimum Gasteiger partial charge on any atom is -0.381 e. The van der Waals surface area contributed by atoms with Crippen LogP contribution in [0.2, 0.25) is 0 Å². The average Bonchev–Trinajstić information content (AvgIpc) is 3.22. The van der Waals surface area contributed by atoms with E-state index in [1.54, 1.807) is 18.6 Å². The summed E-state index contributed by atoms with van der Waals surface area (Å²) in [7, 11) is 0. The molecule has 1 fully saturated rings. The molecule has 1 amide bonds. The van der Waals surface area contributed by atoms with Gasteiger partial charge in [-0.25, -0.2) is 9.67 Å². The third-order valence-electron chi connectivity index (χ3n) is 6.14. The molecule has 1 saturated carbocycles. The van der Waals surface area contributed by atoms with E-state index >= 15 is 0 Å². The van der Waals surface area contributed by atoms with Gasteiger partial charge in [-0.3, -0.25) is 9.78 Å². The molecule has 0 spiro atoms. The number of nitrogens with one attached hydrogen (secondary N) is 2. The molecule has 0 radical (unpaired) electrons. The Morgan fingerprint density at radius 1 is 1.20 bits per heavy atom. The van der Waals surface area contributed by atoms with Crippen LogP contribution in [0.1, 0.15) is 61.9 Å². The smallest absolute Gasteiger partial charge is 0.255 e. The summed E-state index contributed by atoms with van der Waals surface area (Å²) in [5.41, 5.74) is 3.22. The maximum absolute atomic E-state index is 13.1. The highest BCUT2D eigenvalue weighted by Gasteiger charge is 2.24. The lowest BCUT2D eigenvalue weighted by Gasteiger charge is -2.29. The van der Waals surface area contributed by atoms with Gasteiger partial charge in [0.1, 0.15) is 0 Å². The quantitative estimate of drug-likeness (QED) is 0.615. The highest BCUT2D eigenvalue weighted by atomic mass is 16.1. The zero-order chi connectivity index (χ0) is 20.9. The number of amides is 1. The lowest BCUT2D eigenvalue weighted by atomic mass is 9.84. The molecular weight excluding hydrogens is 376 g/mol. The molecule has 7 nitrogen and oxygen atoms in total. The van der Waals surface area contributed by atoms with E-state index in [2.05, 4.69) is 32.6 Å². The Balaban J connectivity index is 1.62. The second-order valence-electron chi connectivity index (χ2n) is 8.11. The van der Waals surface area contributed by atoms with Crippen LogP contribution in [-0.2, 0) is 13.1 Å². The van der Waals surface area contributed by atoms with Crippen molar-refractivity contribution in [1.82, 2.24) is 25.1 Å². The molecule has 1 aliphatic rings. The Kier molecular flexibility index (Phi) is 6.26. The molecule has 158 valence electrons. The number of hydrogen-bond donors (Lipinski definition) is 2. The molecule has 1 aliphatic carbocycles. The minimum absolute atomic E-state index is 0.135. The largest absolute Gasteiger partial charge is 0.381 e. The number of hydrogen-bond acceptors (Lipinski definition) is 5. The second-order valence-corrected chi connectivity index (χ2v) is 8.11. The predicted octanol–water partition coefficient (Wildman–Crippen LogP) is 4.16. The molecule has 30 heavy (non-hydrogen) atoms. The third kappa shape index (κ3) is 4.30. The van der Waals surface area contributed by atoms with Crippen molar-refractivity contribution in [2.75, 3.05) is 5.32 Å². The van der Waals surface area contributed by atoms with Gasteiger partial charge in [-0.15, -0.1) is 0 Å². The summed E-state index contributed by atoms with van der Waals surface area (Å²) in [5, 5.41) is 12.1. The number of aromatic nitrogens is 4. The Morgan fingerprint density at radius 3 is 2.70 bits per heavy atom. The Morgan fingerprint density at radius 2 is 1.97 bits per heavy atom. The van der Waals surface area contributed by atoms with Gasteiger partial charge in [-0.2, -0.15) is 5.10 Å². The van der Waals surface area contributed by atoms with E-state index in [0.717, 1.165) is 28.8 Å². The molecule has 1 atom stereocenters. The van der Waals surface area contributed by atoms with Crippen molar-refractivity contribution in [3.8, 4) is 0 Å². The van der Waals surface area contributed by atoms with E-state index in [1.807, 2.05) is 29.9 Å². The van der Waals surface area contributed by atoms with Crippen molar-refractivity contribution in [2.24, 2.45) is 5.92 Å². The lowest BCUT2D eigenvalue weighted by molar-refractivity contribution is 0.0951. The number of fused-ring (bicyclic) bond motifs is 1. The number of nitrogens with zero attached hydrogens (tertiary/aromatic N) is 4. The number of rotatable bonds is 7. The van der Waals surface area contributed by atoms with E-state index in [4.69, 9.17) is 0 Å². The Bertz CT molecular complexity index is 994. The highest BCUT2D eigenvalue weighted by Crippen LogP contribution is 2.32. The number of carbonyl (C=O) groups is 1. The third-order valence-corrected chi connectivity index (χ3v) is 6.14. The van der Waals surface area contributed by atoms with Gasteiger partial charge in [-0.05, 0) is 50.3 Å². The maximum atomic E-state index is 13.1. The van der Waals surface area contributed by atoms with E-state index < -0.39 is 0 Å². The first-order valence-corrected chi connectivity index (χ1v) is 11.0. The minimum atomic E-state index is -0.135. The fourth-order valence-corrected chi connectivity index (χ4v) is 4.34. The van der Waals surface area contributed by atoms with E-state index in [9.17, 15) is 4.79 Å². The monoisotopic (exact) mass is 406 g/mol. The van der Waals surface area contributed by atoms with Gasteiger partial charge in [0.2, 0.25) is 0 Å².